The molecule has 1 aromatic rings. The minimum atomic E-state index is -4.33. The molecule has 2 rings (SSSR count). The van der Waals surface area contributed by atoms with E-state index >= 15 is 0 Å². The first-order chi connectivity index (χ1) is 8.50. The molecule has 0 bridgehead atoms. The number of piperazine rings is 1. The highest BCUT2D eigenvalue weighted by Gasteiger charge is 2.31. The minimum Gasteiger partial charge on any atom is -0.368 e. The molecule has 0 aliphatic carbocycles. The van der Waals surface area contributed by atoms with Crippen molar-refractivity contribution in [2.75, 3.05) is 37.6 Å². The summed E-state index contributed by atoms with van der Waals surface area (Å²) in [6.45, 7) is 6.32. The molecule has 0 atom stereocenters. The Bertz CT molecular complexity index is 398. The molecule has 0 spiro atoms. The number of rotatable bonds is 2. The number of anilines is 1. The van der Waals surface area contributed by atoms with E-state index in [9.17, 15) is 13.2 Å². The van der Waals surface area contributed by atoms with E-state index in [-0.39, 0.29) is 0 Å². The summed E-state index contributed by atoms with van der Waals surface area (Å²) in [4.78, 5) is 7.92. The zero-order valence-electron chi connectivity index (χ0n) is 10.2. The third kappa shape index (κ3) is 2.93. The quantitative estimate of drug-likeness (QED) is 0.812. The topological polar surface area (TPSA) is 19.4 Å². The van der Waals surface area contributed by atoms with Crippen LogP contribution in [-0.2, 0) is 6.18 Å². The molecule has 2 heterocycles. The molecule has 6 heteroatoms. The van der Waals surface area contributed by atoms with Gasteiger partial charge in [-0.05, 0) is 12.6 Å². The van der Waals surface area contributed by atoms with E-state index in [4.69, 9.17) is 0 Å². The summed E-state index contributed by atoms with van der Waals surface area (Å²) < 4.78 is 37.8. The van der Waals surface area contributed by atoms with Crippen molar-refractivity contribution in [3.05, 3.63) is 24.0 Å². The van der Waals surface area contributed by atoms with Crippen LogP contribution in [0.1, 0.15) is 12.5 Å². The number of likely N-dealkylation sites (N-methyl/N-ethyl adjacent to an activating group) is 1. The molecule has 0 unspecified atom stereocenters. The second-order valence-electron chi connectivity index (χ2n) is 4.35. The summed E-state index contributed by atoms with van der Waals surface area (Å²) in [5.41, 5.74) is -0.126. The van der Waals surface area contributed by atoms with Gasteiger partial charge in [0.1, 0.15) is 0 Å². The van der Waals surface area contributed by atoms with Crippen LogP contribution in [0.3, 0.4) is 0 Å². The molecule has 100 valence electrons. The number of hydrogen-bond donors (Lipinski definition) is 0. The molecule has 1 aromatic heterocycles. The summed E-state index contributed by atoms with van der Waals surface area (Å²) in [5.74, 6) is 0. The van der Waals surface area contributed by atoms with E-state index in [0.29, 0.717) is 5.69 Å². The predicted octanol–water partition coefficient (Wildman–Crippen LogP) is 2.24. The molecule has 1 aliphatic heterocycles. The van der Waals surface area contributed by atoms with Gasteiger partial charge in [-0.25, -0.2) is 0 Å². The zero-order valence-corrected chi connectivity index (χ0v) is 10.2. The highest BCUT2D eigenvalue weighted by Crippen LogP contribution is 2.31. The first kappa shape index (κ1) is 13.1. The highest BCUT2D eigenvalue weighted by molar-refractivity contribution is 5.47. The van der Waals surface area contributed by atoms with Crippen molar-refractivity contribution >= 4 is 5.69 Å². The second-order valence-corrected chi connectivity index (χ2v) is 4.35. The predicted molar refractivity (Wildman–Crippen MR) is 63.6 cm³/mol. The van der Waals surface area contributed by atoms with Crippen LogP contribution in [0.4, 0.5) is 18.9 Å². The lowest BCUT2D eigenvalue weighted by molar-refractivity contribution is -0.137. The van der Waals surface area contributed by atoms with Gasteiger partial charge in [0, 0.05) is 32.4 Å². The fourth-order valence-corrected chi connectivity index (χ4v) is 2.08. The average molecular weight is 259 g/mol. The average Bonchev–Trinajstić information content (AvgIpc) is 2.38. The van der Waals surface area contributed by atoms with Crippen molar-refractivity contribution < 1.29 is 13.2 Å². The molecule has 0 saturated carbocycles. The summed E-state index contributed by atoms with van der Waals surface area (Å²) in [6.07, 6.45) is -1.96. The van der Waals surface area contributed by atoms with Gasteiger partial charge < -0.3 is 9.80 Å². The molecule has 1 saturated heterocycles. The van der Waals surface area contributed by atoms with Crippen LogP contribution in [0.25, 0.3) is 0 Å². The molecule has 1 fully saturated rings. The lowest BCUT2D eigenvalue weighted by atomic mass is 10.2. The maximum Gasteiger partial charge on any atom is 0.417 e. The van der Waals surface area contributed by atoms with Crippen LogP contribution in [0.5, 0.6) is 0 Å². The Kier molecular flexibility index (Phi) is 3.75. The van der Waals surface area contributed by atoms with Gasteiger partial charge in [-0.3, -0.25) is 4.98 Å². The van der Waals surface area contributed by atoms with Gasteiger partial charge in [-0.2, -0.15) is 13.2 Å². The van der Waals surface area contributed by atoms with Crippen LogP contribution in [0, 0.1) is 0 Å². The van der Waals surface area contributed by atoms with Gasteiger partial charge in [0.15, 0.2) is 0 Å². The van der Waals surface area contributed by atoms with Gasteiger partial charge in [0.2, 0.25) is 0 Å². The van der Waals surface area contributed by atoms with E-state index in [1.807, 2.05) is 4.90 Å². The largest absolute Gasteiger partial charge is 0.417 e. The highest BCUT2D eigenvalue weighted by atomic mass is 19.4. The fraction of sp³-hybridized carbons (Fsp3) is 0.583. The Hall–Kier alpha value is -1.30. The Morgan fingerprint density at radius 2 is 1.83 bits per heavy atom. The number of hydrogen-bond acceptors (Lipinski definition) is 3. The Balaban J connectivity index is 2.10. The summed E-state index contributed by atoms with van der Waals surface area (Å²) in [7, 11) is 0. The van der Waals surface area contributed by atoms with Crippen LogP contribution in [0.15, 0.2) is 18.5 Å². The number of alkyl halides is 3. The van der Waals surface area contributed by atoms with Crippen LogP contribution < -0.4 is 4.90 Å². The summed E-state index contributed by atoms with van der Waals surface area (Å²) >= 11 is 0. The molecule has 18 heavy (non-hydrogen) atoms. The molecule has 0 amide bonds. The first-order valence-electron chi connectivity index (χ1n) is 6.00. The standard InChI is InChI=1S/C12H16F3N3/c1-2-17-3-5-18(6-4-17)11-7-10(8-16-9-11)12(13,14)15/h7-9H,2-6H2,1H3. The third-order valence-electron chi connectivity index (χ3n) is 3.24. The zero-order chi connectivity index (χ0) is 13.2. The van der Waals surface area contributed by atoms with Gasteiger partial charge in [-0.15, -0.1) is 0 Å². The van der Waals surface area contributed by atoms with Gasteiger partial charge >= 0.3 is 6.18 Å². The maximum absolute atomic E-state index is 12.6. The van der Waals surface area contributed by atoms with Crippen molar-refractivity contribution in [2.45, 2.75) is 13.1 Å². The molecule has 1 aliphatic rings. The number of pyridine rings is 1. The molecule has 0 N–H and O–H groups in total. The molecular weight excluding hydrogens is 243 g/mol. The van der Waals surface area contributed by atoms with Crippen LogP contribution >= 0.6 is 0 Å². The van der Waals surface area contributed by atoms with Crippen molar-refractivity contribution in [2.24, 2.45) is 0 Å². The van der Waals surface area contributed by atoms with Gasteiger partial charge in [-0.1, -0.05) is 6.92 Å². The third-order valence-corrected chi connectivity index (χ3v) is 3.24. The van der Waals surface area contributed by atoms with E-state index in [1.54, 1.807) is 0 Å². The van der Waals surface area contributed by atoms with Crippen molar-refractivity contribution in [3.63, 3.8) is 0 Å². The lowest BCUT2D eigenvalue weighted by Crippen LogP contribution is -2.46. The van der Waals surface area contributed by atoms with Crippen molar-refractivity contribution in [3.8, 4) is 0 Å². The Morgan fingerprint density at radius 3 is 2.39 bits per heavy atom. The number of aromatic nitrogens is 1. The Morgan fingerprint density at radius 1 is 1.17 bits per heavy atom. The minimum absolute atomic E-state index is 0.556. The van der Waals surface area contributed by atoms with Crippen molar-refractivity contribution in [1.29, 1.82) is 0 Å². The molecule has 0 aromatic carbocycles. The van der Waals surface area contributed by atoms with Crippen LogP contribution in [0.2, 0.25) is 0 Å². The monoisotopic (exact) mass is 259 g/mol. The van der Waals surface area contributed by atoms with E-state index in [0.717, 1.165) is 38.9 Å². The molecular formula is C12H16F3N3. The Labute approximate surface area is 104 Å². The van der Waals surface area contributed by atoms with E-state index in [1.165, 1.54) is 12.3 Å². The summed E-state index contributed by atoms with van der Waals surface area (Å²) in [6, 6.07) is 1.18. The van der Waals surface area contributed by atoms with Gasteiger partial charge in [0.05, 0.1) is 17.4 Å². The smallest absolute Gasteiger partial charge is 0.368 e. The number of halogens is 3. The lowest BCUT2D eigenvalue weighted by Gasteiger charge is -2.35. The normalized spacial score (nSPS) is 18.1. The van der Waals surface area contributed by atoms with E-state index in [2.05, 4.69) is 16.8 Å². The van der Waals surface area contributed by atoms with Gasteiger partial charge in [0.25, 0.3) is 0 Å². The maximum atomic E-state index is 12.6. The van der Waals surface area contributed by atoms with E-state index < -0.39 is 11.7 Å². The van der Waals surface area contributed by atoms with Crippen molar-refractivity contribution in [1.82, 2.24) is 9.88 Å². The molecule has 0 radical (unpaired) electrons. The second kappa shape index (κ2) is 5.14. The van der Waals surface area contributed by atoms with Crippen LogP contribution in [-0.4, -0.2) is 42.6 Å². The summed E-state index contributed by atoms with van der Waals surface area (Å²) in [5, 5.41) is 0. The fourth-order valence-electron chi connectivity index (χ4n) is 2.08. The first-order valence-corrected chi connectivity index (χ1v) is 6.00. The molecule has 3 nitrogen and oxygen atoms in total. The SMILES string of the molecule is CCN1CCN(c2cncc(C(F)(F)F)c2)CC1. The number of nitrogens with zero attached hydrogens (tertiary/aromatic N) is 3.